The Bertz CT molecular complexity index is 985. The van der Waals surface area contributed by atoms with Gasteiger partial charge in [0.2, 0.25) is 0 Å². The molecule has 0 aliphatic carbocycles. The number of nitrogens with one attached hydrogen (secondary N) is 2. The first-order chi connectivity index (χ1) is 14.2. The van der Waals surface area contributed by atoms with Crippen LogP contribution in [-0.2, 0) is 4.74 Å². The minimum atomic E-state index is -0.973. The highest BCUT2D eigenvalue weighted by Gasteiger charge is 2.37. The summed E-state index contributed by atoms with van der Waals surface area (Å²) in [5, 5.41) is 16.5. The van der Waals surface area contributed by atoms with Gasteiger partial charge in [-0.05, 0) is 45.0 Å². The Balaban J connectivity index is 1.40. The van der Waals surface area contributed by atoms with Crippen molar-refractivity contribution in [2.45, 2.75) is 38.7 Å². The molecule has 8 nitrogen and oxygen atoms in total. The van der Waals surface area contributed by atoms with E-state index >= 15 is 0 Å². The predicted molar refractivity (Wildman–Crippen MR) is 112 cm³/mol. The van der Waals surface area contributed by atoms with Crippen molar-refractivity contribution in [1.29, 1.82) is 0 Å². The van der Waals surface area contributed by atoms with E-state index in [1.165, 1.54) is 4.90 Å². The molecule has 2 heterocycles. The molecule has 1 unspecified atom stereocenters. The number of amides is 2. The average molecular weight is 411 g/mol. The van der Waals surface area contributed by atoms with E-state index in [0.717, 1.165) is 5.69 Å². The second-order valence-corrected chi connectivity index (χ2v) is 8.38. The lowest BCUT2D eigenvalue weighted by Crippen LogP contribution is -2.43. The Morgan fingerprint density at radius 2 is 2.07 bits per heavy atom. The highest BCUT2D eigenvalue weighted by molar-refractivity contribution is 5.98. The summed E-state index contributed by atoms with van der Waals surface area (Å²) in [4.78, 5) is 26.0. The van der Waals surface area contributed by atoms with Crippen molar-refractivity contribution >= 4 is 23.4 Å². The zero-order valence-corrected chi connectivity index (χ0v) is 17.1. The van der Waals surface area contributed by atoms with E-state index in [2.05, 4.69) is 10.6 Å². The van der Waals surface area contributed by atoms with Gasteiger partial charge in [0.05, 0.1) is 18.8 Å². The number of carbonyl (C=O) groups is 2. The molecule has 0 saturated carbocycles. The molecule has 0 fully saturated rings. The van der Waals surface area contributed by atoms with Crippen molar-refractivity contribution < 1.29 is 24.2 Å². The van der Waals surface area contributed by atoms with Crippen molar-refractivity contribution in [3.8, 4) is 5.75 Å². The maximum Gasteiger partial charge on any atom is 0.412 e. The molecule has 8 heteroatoms. The quantitative estimate of drug-likeness (QED) is 0.716. The van der Waals surface area contributed by atoms with Crippen LogP contribution in [0.25, 0.3) is 0 Å². The summed E-state index contributed by atoms with van der Waals surface area (Å²) in [7, 11) is 0. The number of aliphatic hydroxyl groups is 1. The molecule has 158 valence electrons. The number of rotatable bonds is 3. The lowest BCUT2D eigenvalue weighted by molar-refractivity contribution is 0.00152. The summed E-state index contributed by atoms with van der Waals surface area (Å²) >= 11 is 0. The van der Waals surface area contributed by atoms with Crippen molar-refractivity contribution in [2.24, 2.45) is 0 Å². The van der Waals surface area contributed by atoms with Crippen LogP contribution in [-0.4, -0.2) is 46.8 Å². The SMILES string of the molecule is CC(C)(C)OC(=O)Nc1ccc2c(c1)NC[C@H](CN1C(=O)c3ccccc3C1O)O2. The van der Waals surface area contributed by atoms with Gasteiger partial charge < -0.3 is 24.8 Å². The normalized spacial score (nSPS) is 20.0. The molecule has 2 amide bonds. The number of aliphatic hydroxyl groups excluding tert-OH is 1. The molecule has 2 aliphatic rings. The third-order valence-corrected chi connectivity index (χ3v) is 4.86. The Labute approximate surface area is 174 Å². The molecule has 30 heavy (non-hydrogen) atoms. The van der Waals surface area contributed by atoms with Crippen LogP contribution in [0.15, 0.2) is 42.5 Å². The molecule has 2 aromatic rings. The van der Waals surface area contributed by atoms with Gasteiger partial charge in [0.15, 0.2) is 6.23 Å². The van der Waals surface area contributed by atoms with Gasteiger partial charge >= 0.3 is 6.09 Å². The second-order valence-electron chi connectivity index (χ2n) is 8.38. The van der Waals surface area contributed by atoms with Gasteiger partial charge in [-0.15, -0.1) is 0 Å². The minimum Gasteiger partial charge on any atom is -0.485 e. The fourth-order valence-corrected chi connectivity index (χ4v) is 3.57. The second kappa shape index (κ2) is 7.53. The fraction of sp³-hybridized carbons (Fsp3) is 0.364. The molecule has 0 aromatic heterocycles. The highest BCUT2D eigenvalue weighted by Crippen LogP contribution is 2.35. The maximum atomic E-state index is 12.6. The predicted octanol–water partition coefficient (Wildman–Crippen LogP) is 3.35. The minimum absolute atomic E-state index is 0.204. The molecule has 2 aliphatic heterocycles. The Hall–Kier alpha value is -3.26. The number of fused-ring (bicyclic) bond motifs is 2. The van der Waals surface area contributed by atoms with E-state index in [1.54, 1.807) is 63.2 Å². The largest absolute Gasteiger partial charge is 0.485 e. The van der Waals surface area contributed by atoms with Crippen LogP contribution >= 0.6 is 0 Å². The van der Waals surface area contributed by atoms with Crippen molar-refractivity contribution in [2.75, 3.05) is 23.7 Å². The van der Waals surface area contributed by atoms with E-state index in [4.69, 9.17) is 9.47 Å². The lowest BCUT2D eigenvalue weighted by atomic mass is 10.1. The molecule has 0 saturated heterocycles. The fourth-order valence-electron chi connectivity index (χ4n) is 3.57. The smallest absolute Gasteiger partial charge is 0.412 e. The average Bonchev–Trinajstić information content (AvgIpc) is 2.92. The number of benzene rings is 2. The van der Waals surface area contributed by atoms with Crippen molar-refractivity contribution in [3.05, 3.63) is 53.6 Å². The third-order valence-electron chi connectivity index (χ3n) is 4.86. The molecule has 2 aromatic carbocycles. The molecule has 0 bridgehead atoms. The Kier molecular flexibility index (Phi) is 5.03. The standard InChI is InChI=1S/C22H25N3O5/c1-22(2,3)30-21(28)24-13-8-9-18-17(10-13)23-11-14(29-18)12-25-19(26)15-6-4-5-7-16(15)20(25)27/h4-10,14,19,23,26H,11-12H2,1-3H3,(H,24,28)/t14-,19?/m1/s1. The molecule has 0 spiro atoms. The molecule has 4 rings (SSSR count). The van der Waals surface area contributed by atoms with Crippen LogP contribution in [0.5, 0.6) is 5.75 Å². The van der Waals surface area contributed by atoms with Gasteiger partial charge in [0.25, 0.3) is 5.91 Å². The Morgan fingerprint density at radius 1 is 1.30 bits per heavy atom. The molecule has 3 N–H and O–H groups in total. The third kappa shape index (κ3) is 4.04. The highest BCUT2D eigenvalue weighted by atomic mass is 16.6. The van der Waals surface area contributed by atoms with Crippen LogP contribution in [0.1, 0.15) is 42.9 Å². The summed E-state index contributed by atoms with van der Waals surface area (Å²) in [6.45, 7) is 6.11. The first-order valence-electron chi connectivity index (χ1n) is 9.84. The summed E-state index contributed by atoms with van der Waals surface area (Å²) in [6, 6.07) is 12.3. The molecular weight excluding hydrogens is 386 g/mol. The van der Waals surface area contributed by atoms with Crippen LogP contribution in [0, 0.1) is 0 Å². The zero-order chi connectivity index (χ0) is 21.5. The molecule has 0 radical (unpaired) electrons. The van der Waals surface area contributed by atoms with E-state index in [9.17, 15) is 14.7 Å². The van der Waals surface area contributed by atoms with Gasteiger partial charge in [-0.2, -0.15) is 0 Å². The van der Waals surface area contributed by atoms with Gasteiger partial charge in [0.1, 0.15) is 17.5 Å². The van der Waals surface area contributed by atoms with Crippen molar-refractivity contribution in [1.82, 2.24) is 4.90 Å². The zero-order valence-electron chi connectivity index (χ0n) is 17.1. The number of hydrogen-bond acceptors (Lipinski definition) is 6. The van der Waals surface area contributed by atoms with Crippen LogP contribution in [0.3, 0.4) is 0 Å². The van der Waals surface area contributed by atoms with E-state index < -0.39 is 17.9 Å². The summed E-state index contributed by atoms with van der Waals surface area (Å²) < 4.78 is 11.3. The van der Waals surface area contributed by atoms with Crippen molar-refractivity contribution in [3.63, 3.8) is 0 Å². The number of carbonyl (C=O) groups excluding carboxylic acids is 2. The number of anilines is 2. The van der Waals surface area contributed by atoms with Gasteiger partial charge in [-0.3, -0.25) is 10.1 Å². The topological polar surface area (TPSA) is 100 Å². The Morgan fingerprint density at radius 3 is 2.80 bits per heavy atom. The summed E-state index contributed by atoms with van der Waals surface area (Å²) in [6.07, 6.45) is -1.83. The monoisotopic (exact) mass is 411 g/mol. The van der Waals surface area contributed by atoms with Crippen LogP contribution in [0.4, 0.5) is 16.2 Å². The molecular formula is C22H25N3O5. The lowest BCUT2D eigenvalue weighted by Gasteiger charge is -2.32. The number of ether oxygens (including phenoxy) is 2. The molecule has 2 atom stereocenters. The summed E-state index contributed by atoms with van der Waals surface area (Å²) in [5.74, 6) is 0.407. The van der Waals surface area contributed by atoms with Crippen LogP contribution in [0.2, 0.25) is 0 Å². The van der Waals surface area contributed by atoms with E-state index in [0.29, 0.717) is 29.1 Å². The maximum absolute atomic E-state index is 12.6. The number of nitrogens with zero attached hydrogens (tertiary/aromatic N) is 1. The van der Waals surface area contributed by atoms with Crippen LogP contribution < -0.4 is 15.4 Å². The van der Waals surface area contributed by atoms with Gasteiger partial charge in [-0.25, -0.2) is 4.79 Å². The first kappa shape index (κ1) is 20.0. The van der Waals surface area contributed by atoms with E-state index in [-0.39, 0.29) is 18.6 Å². The number of hydrogen-bond donors (Lipinski definition) is 3. The van der Waals surface area contributed by atoms with Gasteiger partial charge in [-0.1, -0.05) is 18.2 Å². The summed E-state index contributed by atoms with van der Waals surface area (Å²) in [5.41, 5.74) is 1.87. The first-order valence-corrected chi connectivity index (χ1v) is 9.84. The van der Waals surface area contributed by atoms with E-state index in [1.807, 2.05) is 0 Å². The van der Waals surface area contributed by atoms with Gasteiger partial charge in [0, 0.05) is 16.8 Å².